The van der Waals surface area contributed by atoms with Crippen LogP contribution in [0.5, 0.6) is 5.75 Å². The number of benzene rings is 2. The van der Waals surface area contributed by atoms with Crippen LogP contribution < -0.4 is 15.4 Å². The Hall–Kier alpha value is -2.60. The number of nitrogens with one attached hydrogen (secondary N) is 2. The Bertz CT molecular complexity index is 767. The van der Waals surface area contributed by atoms with E-state index in [-0.39, 0.29) is 18.0 Å². The summed E-state index contributed by atoms with van der Waals surface area (Å²) in [6.07, 6.45) is 2.21. The molecular weight excluding hydrogens is 369 g/mol. The van der Waals surface area contributed by atoms with Gasteiger partial charge >= 0.3 is 0 Å². The van der Waals surface area contributed by atoms with E-state index >= 15 is 0 Å². The van der Waals surface area contributed by atoms with Gasteiger partial charge in [-0.2, -0.15) is 0 Å². The van der Waals surface area contributed by atoms with Crippen molar-refractivity contribution in [1.82, 2.24) is 10.6 Å². The lowest BCUT2D eigenvalue weighted by Gasteiger charge is -2.32. The van der Waals surface area contributed by atoms with Gasteiger partial charge < -0.3 is 20.1 Å². The van der Waals surface area contributed by atoms with Gasteiger partial charge in [0.15, 0.2) is 5.96 Å². The molecule has 0 amide bonds. The van der Waals surface area contributed by atoms with Crippen molar-refractivity contribution in [2.45, 2.75) is 32.0 Å². The van der Waals surface area contributed by atoms with Crippen LogP contribution in [0.15, 0.2) is 59.6 Å². The predicted octanol–water partition coefficient (Wildman–Crippen LogP) is 3.93. The fraction of sp³-hybridized carbons (Fsp3) is 0.435. The largest absolute Gasteiger partial charge is 0.489 e. The zero-order valence-corrected chi connectivity index (χ0v) is 17.1. The minimum atomic E-state index is -0.270. The van der Waals surface area contributed by atoms with Crippen LogP contribution in [0.3, 0.4) is 0 Å². The number of rotatable bonds is 7. The van der Waals surface area contributed by atoms with Crippen LogP contribution in [0.4, 0.5) is 4.39 Å². The Morgan fingerprint density at radius 2 is 1.93 bits per heavy atom. The average molecular weight is 400 g/mol. The molecular formula is C23H30FN3O2. The van der Waals surface area contributed by atoms with Crippen LogP contribution in [-0.4, -0.2) is 38.8 Å². The average Bonchev–Trinajstić information content (AvgIpc) is 2.76. The fourth-order valence-corrected chi connectivity index (χ4v) is 3.54. The first-order chi connectivity index (χ1) is 14.2. The van der Waals surface area contributed by atoms with Crippen LogP contribution in [0.1, 0.15) is 31.4 Å². The smallest absolute Gasteiger partial charge is 0.191 e. The third-order valence-corrected chi connectivity index (χ3v) is 5.04. The number of halogens is 1. The van der Waals surface area contributed by atoms with E-state index in [1.165, 1.54) is 17.7 Å². The van der Waals surface area contributed by atoms with Gasteiger partial charge in [-0.05, 0) is 49.6 Å². The molecule has 6 heteroatoms. The fourth-order valence-electron chi connectivity index (χ4n) is 3.54. The third-order valence-electron chi connectivity index (χ3n) is 5.04. The highest BCUT2D eigenvalue weighted by atomic mass is 19.1. The lowest BCUT2D eigenvalue weighted by molar-refractivity contribution is -0.0265. The van der Waals surface area contributed by atoms with E-state index in [1.54, 1.807) is 19.2 Å². The van der Waals surface area contributed by atoms with Crippen LogP contribution in [-0.2, 0) is 4.74 Å². The second-order valence-corrected chi connectivity index (χ2v) is 7.32. The maximum Gasteiger partial charge on any atom is 0.191 e. The Kier molecular flexibility index (Phi) is 7.87. The molecule has 1 heterocycles. The highest BCUT2D eigenvalue weighted by molar-refractivity contribution is 5.79. The van der Waals surface area contributed by atoms with Crippen LogP contribution in [0.25, 0.3) is 0 Å². The molecule has 0 spiro atoms. The second kappa shape index (κ2) is 10.8. The van der Waals surface area contributed by atoms with Crippen molar-refractivity contribution in [2.75, 3.05) is 26.7 Å². The minimum Gasteiger partial charge on any atom is -0.489 e. The van der Waals surface area contributed by atoms with Crippen molar-refractivity contribution < 1.29 is 13.9 Å². The lowest BCUT2D eigenvalue weighted by atomic mass is 9.89. The summed E-state index contributed by atoms with van der Waals surface area (Å²) >= 11 is 0. The highest BCUT2D eigenvalue weighted by Gasteiger charge is 2.27. The van der Waals surface area contributed by atoms with Gasteiger partial charge in [-0.1, -0.05) is 30.3 Å². The molecule has 2 N–H and O–H groups in total. The standard InChI is InChI=1S/C23H30FN3O2/c1-17(29-21-12-10-20(24)11-13-21)15-26-23(25-2)27-16-19-9-6-14-28-22(19)18-7-4-3-5-8-18/h3-5,7-8,10-13,17,19,22H,6,9,14-16H2,1-2H3,(H2,25,26,27). The molecule has 2 aromatic carbocycles. The lowest BCUT2D eigenvalue weighted by Crippen LogP contribution is -2.44. The monoisotopic (exact) mass is 399 g/mol. The van der Waals surface area contributed by atoms with E-state index in [9.17, 15) is 4.39 Å². The zero-order valence-electron chi connectivity index (χ0n) is 17.1. The third kappa shape index (κ3) is 6.46. The molecule has 156 valence electrons. The molecule has 0 aromatic heterocycles. The second-order valence-electron chi connectivity index (χ2n) is 7.32. The summed E-state index contributed by atoms with van der Waals surface area (Å²) in [5, 5.41) is 6.71. The summed E-state index contributed by atoms with van der Waals surface area (Å²) in [4.78, 5) is 4.31. The molecule has 0 saturated carbocycles. The van der Waals surface area contributed by atoms with Crippen LogP contribution in [0, 0.1) is 11.7 Å². The molecule has 3 rings (SSSR count). The highest BCUT2D eigenvalue weighted by Crippen LogP contribution is 2.33. The molecule has 0 aliphatic carbocycles. The maximum atomic E-state index is 13.0. The van der Waals surface area contributed by atoms with Crippen molar-refractivity contribution in [3.8, 4) is 5.75 Å². The van der Waals surface area contributed by atoms with E-state index in [0.29, 0.717) is 18.2 Å². The molecule has 5 nitrogen and oxygen atoms in total. The summed E-state index contributed by atoms with van der Waals surface area (Å²) < 4.78 is 24.9. The number of aliphatic imine (C=N–C) groups is 1. The van der Waals surface area contributed by atoms with E-state index in [0.717, 1.165) is 32.0 Å². The molecule has 1 saturated heterocycles. The van der Waals surface area contributed by atoms with E-state index in [4.69, 9.17) is 9.47 Å². The summed E-state index contributed by atoms with van der Waals surface area (Å²) in [7, 11) is 1.76. The number of ether oxygens (including phenoxy) is 2. The van der Waals surface area contributed by atoms with Crippen molar-refractivity contribution in [3.05, 3.63) is 66.0 Å². The first-order valence-corrected chi connectivity index (χ1v) is 10.2. The topological polar surface area (TPSA) is 54.9 Å². The Morgan fingerprint density at radius 1 is 1.17 bits per heavy atom. The molecule has 1 aliphatic rings. The normalized spacial score (nSPS) is 20.7. The first kappa shape index (κ1) is 21.1. The van der Waals surface area contributed by atoms with E-state index in [2.05, 4.69) is 39.9 Å². The molecule has 3 atom stereocenters. The Labute approximate surface area is 172 Å². The summed E-state index contributed by atoms with van der Waals surface area (Å²) in [6, 6.07) is 16.4. The van der Waals surface area contributed by atoms with Crippen LogP contribution >= 0.6 is 0 Å². The number of hydrogen-bond donors (Lipinski definition) is 2. The van der Waals surface area contributed by atoms with Crippen LogP contribution in [0.2, 0.25) is 0 Å². The van der Waals surface area contributed by atoms with Gasteiger partial charge in [-0.25, -0.2) is 4.39 Å². The number of nitrogens with zero attached hydrogens (tertiary/aromatic N) is 1. The SMILES string of the molecule is CN=C(NCC(C)Oc1ccc(F)cc1)NCC1CCCOC1c1ccccc1. The van der Waals surface area contributed by atoms with Gasteiger partial charge in [0.2, 0.25) is 0 Å². The molecule has 29 heavy (non-hydrogen) atoms. The molecule has 1 fully saturated rings. The predicted molar refractivity (Wildman–Crippen MR) is 114 cm³/mol. The zero-order chi connectivity index (χ0) is 20.5. The van der Waals surface area contributed by atoms with Crippen molar-refractivity contribution in [1.29, 1.82) is 0 Å². The molecule has 2 aromatic rings. The number of guanidine groups is 1. The van der Waals surface area contributed by atoms with E-state index < -0.39 is 0 Å². The Morgan fingerprint density at radius 3 is 2.66 bits per heavy atom. The summed E-state index contributed by atoms with van der Waals surface area (Å²) in [5.41, 5.74) is 1.23. The Balaban J connectivity index is 1.47. The van der Waals surface area contributed by atoms with Gasteiger partial charge in [-0.15, -0.1) is 0 Å². The summed E-state index contributed by atoms with van der Waals surface area (Å²) in [5.74, 6) is 1.50. The molecule has 1 aliphatic heterocycles. The van der Waals surface area contributed by atoms with Gasteiger partial charge in [0.05, 0.1) is 12.6 Å². The molecule has 0 radical (unpaired) electrons. The minimum absolute atomic E-state index is 0.0888. The molecule has 3 unspecified atom stereocenters. The maximum absolute atomic E-state index is 13.0. The van der Waals surface area contributed by atoms with Gasteiger partial charge in [-0.3, -0.25) is 4.99 Å². The number of hydrogen-bond acceptors (Lipinski definition) is 3. The van der Waals surface area contributed by atoms with Gasteiger partial charge in [0.1, 0.15) is 17.7 Å². The van der Waals surface area contributed by atoms with Gasteiger partial charge in [0.25, 0.3) is 0 Å². The van der Waals surface area contributed by atoms with Crippen molar-refractivity contribution >= 4 is 5.96 Å². The summed E-state index contributed by atoms with van der Waals surface area (Å²) in [6.45, 7) is 4.14. The van der Waals surface area contributed by atoms with E-state index in [1.807, 2.05) is 13.0 Å². The van der Waals surface area contributed by atoms with Gasteiger partial charge in [0, 0.05) is 26.1 Å². The first-order valence-electron chi connectivity index (χ1n) is 10.2. The van der Waals surface area contributed by atoms with Crippen molar-refractivity contribution in [3.63, 3.8) is 0 Å². The molecule has 0 bridgehead atoms. The quantitative estimate of drug-likeness (QED) is 0.547. The van der Waals surface area contributed by atoms with Crippen molar-refractivity contribution in [2.24, 2.45) is 10.9 Å².